The summed E-state index contributed by atoms with van der Waals surface area (Å²) >= 11 is 0. The molecule has 1 aromatic rings. The summed E-state index contributed by atoms with van der Waals surface area (Å²) in [6.07, 6.45) is 3.27. The second-order valence-electron chi connectivity index (χ2n) is 7.05. The van der Waals surface area contributed by atoms with Crippen molar-refractivity contribution in [2.45, 2.75) is 44.8 Å². The van der Waals surface area contributed by atoms with Gasteiger partial charge in [0.2, 0.25) is 0 Å². The van der Waals surface area contributed by atoms with Crippen molar-refractivity contribution < 1.29 is 24.2 Å². The Balaban J connectivity index is 1.52. The van der Waals surface area contributed by atoms with E-state index in [1.165, 1.54) is 0 Å². The largest absolute Gasteiger partial charge is 0.494 e. The van der Waals surface area contributed by atoms with Crippen molar-refractivity contribution in [1.82, 2.24) is 0 Å². The van der Waals surface area contributed by atoms with E-state index in [0.29, 0.717) is 19.4 Å². The van der Waals surface area contributed by atoms with Crippen LogP contribution in [0.2, 0.25) is 0 Å². The van der Waals surface area contributed by atoms with Crippen molar-refractivity contribution in [3.8, 4) is 5.75 Å². The van der Waals surface area contributed by atoms with Gasteiger partial charge in [0.15, 0.2) is 0 Å². The third-order valence-corrected chi connectivity index (χ3v) is 5.38. The minimum Gasteiger partial charge on any atom is -0.494 e. The van der Waals surface area contributed by atoms with Crippen LogP contribution in [-0.4, -0.2) is 29.2 Å². The summed E-state index contributed by atoms with van der Waals surface area (Å²) in [5.74, 6) is -1.32. The zero-order valence-electron chi connectivity index (χ0n) is 14.4. The van der Waals surface area contributed by atoms with Crippen LogP contribution in [0, 0.1) is 17.8 Å². The lowest BCUT2D eigenvalue weighted by Gasteiger charge is -2.24. The lowest BCUT2D eigenvalue weighted by molar-refractivity contribution is -0.152. The van der Waals surface area contributed by atoms with E-state index in [2.05, 4.69) is 6.92 Å². The Labute approximate surface area is 147 Å². The normalized spacial score (nSPS) is 29.8. The Morgan fingerprint density at radius 3 is 2.64 bits per heavy atom. The molecule has 3 rings (SSSR count). The van der Waals surface area contributed by atoms with Gasteiger partial charge >= 0.3 is 11.9 Å². The molecule has 0 aromatic heterocycles. The number of esters is 1. The molecule has 1 aromatic carbocycles. The highest BCUT2D eigenvalue weighted by atomic mass is 16.5. The molecule has 0 bridgehead atoms. The smallest absolute Gasteiger partial charge is 0.326 e. The topological polar surface area (TPSA) is 98.9 Å². The molecule has 6 nitrogen and oxygen atoms in total. The second-order valence-corrected chi connectivity index (χ2v) is 7.05. The summed E-state index contributed by atoms with van der Waals surface area (Å²) in [6, 6.07) is 7.41. The van der Waals surface area contributed by atoms with E-state index in [1.807, 2.05) is 24.3 Å². The first-order valence-electron chi connectivity index (χ1n) is 8.88. The number of carbonyl (C=O) groups is 2. The molecule has 0 radical (unpaired) electrons. The molecule has 25 heavy (non-hydrogen) atoms. The van der Waals surface area contributed by atoms with Crippen LogP contribution in [-0.2, 0) is 20.9 Å². The Hall–Kier alpha value is -2.08. The molecule has 4 atom stereocenters. The van der Waals surface area contributed by atoms with Gasteiger partial charge in [-0.25, -0.2) is 0 Å². The molecule has 0 aliphatic heterocycles. The van der Waals surface area contributed by atoms with Crippen LogP contribution in [0.4, 0.5) is 0 Å². The molecule has 2 aliphatic carbocycles. The maximum atomic E-state index is 12.4. The van der Waals surface area contributed by atoms with E-state index in [9.17, 15) is 9.59 Å². The number of carboxylic acids is 1. The molecule has 0 amide bonds. The molecule has 0 spiro atoms. The van der Waals surface area contributed by atoms with Crippen LogP contribution in [0.5, 0.6) is 5.75 Å². The fourth-order valence-corrected chi connectivity index (χ4v) is 3.88. The fourth-order valence-electron chi connectivity index (χ4n) is 3.88. The molecular weight excluding hydrogens is 322 g/mol. The standard InChI is InChI=1S/C19H25NO5/c1-2-3-10-24-13-6-4-12(5-7-13)11-25-18(23)19(20)9-8-14-15(16(14)19)17(21)22/h4-7,14-16H,2-3,8-11,20H2,1H3,(H,21,22)/t14-,15-,16-,19-/m0/s1. The van der Waals surface area contributed by atoms with Crippen LogP contribution >= 0.6 is 0 Å². The third kappa shape index (κ3) is 3.49. The summed E-state index contributed by atoms with van der Waals surface area (Å²) in [4.78, 5) is 23.6. The van der Waals surface area contributed by atoms with Gasteiger partial charge in [0.25, 0.3) is 0 Å². The Morgan fingerprint density at radius 1 is 1.32 bits per heavy atom. The summed E-state index contributed by atoms with van der Waals surface area (Å²) in [7, 11) is 0. The molecule has 3 N–H and O–H groups in total. The highest BCUT2D eigenvalue weighted by Gasteiger charge is 2.70. The van der Waals surface area contributed by atoms with Gasteiger partial charge in [0.1, 0.15) is 17.9 Å². The first-order valence-corrected chi connectivity index (χ1v) is 8.88. The van der Waals surface area contributed by atoms with Crippen molar-refractivity contribution in [1.29, 1.82) is 0 Å². The average Bonchev–Trinajstić information content (AvgIpc) is 3.25. The van der Waals surface area contributed by atoms with Gasteiger partial charge in [-0.3, -0.25) is 9.59 Å². The van der Waals surface area contributed by atoms with Gasteiger partial charge in [-0.05, 0) is 42.9 Å². The number of ether oxygens (including phenoxy) is 2. The van der Waals surface area contributed by atoms with Crippen molar-refractivity contribution in [3.63, 3.8) is 0 Å². The second kappa shape index (κ2) is 7.04. The SMILES string of the molecule is CCCCOc1ccc(COC(=O)[C@]2(N)CC[C@H]3[C@H](C(=O)O)[C@H]32)cc1. The van der Waals surface area contributed by atoms with Crippen molar-refractivity contribution in [3.05, 3.63) is 29.8 Å². The number of hydrogen-bond acceptors (Lipinski definition) is 5. The van der Waals surface area contributed by atoms with Crippen LogP contribution in [0.25, 0.3) is 0 Å². The zero-order valence-corrected chi connectivity index (χ0v) is 14.4. The molecule has 0 saturated heterocycles. The summed E-state index contributed by atoms with van der Waals surface area (Å²) in [5, 5.41) is 9.16. The minimum atomic E-state index is -1.16. The maximum absolute atomic E-state index is 12.4. The summed E-state index contributed by atoms with van der Waals surface area (Å²) < 4.78 is 11.0. The number of carbonyl (C=O) groups excluding carboxylic acids is 1. The number of aliphatic carboxylic acids is 1. The first-order chi connectivity index (χ1) is 12.0. The van der Waals surface area contributed by atoms with E-state index >= 15 is 0 Å². The number of unbranched alkanes of at least 4 members (excludes halogenated alkanes) is 1. The number of benzene rings is 1. The zero-order chi connectivity index (χ0) is 18.0. The number of fused-ring (bicyclic) bond motifs is 1. The Morgan fingerprint density at radius 2 is 2.04 bits per heavy atom. The molecule has 2 aliphatic rings. The summed E-state index contributed by atoms with van der Waals surface area (Å²) in [5.41, 5.74) is 5.91. The quantitative estimate of drug-likeness (QED) is 0.553. The number of hydrogen-bond donors (Lipinski definition) is 2. The van der Waals surface area contributed by atoms with Crippen molar-refractivity contribution >= 4 is 11.9 Å². The molecule has 2 fully saturated rings. The Kier molecular flexibility index (Phi) is 4.99. The van der Waals surface area contributed by atoms with E-state index in [4.69, 9.17) is 20.3 Å². The van der Waals surface area contributed by atoms with Gasteiger partial charge in [-0.1, -0.05) is 25.5 Å². The molecular formula is C19H25NO5. The number of carboxylic acid groups (broad SMARTS) is 1. The third-order valence-electron chi connectivity index (χ3n) is 5.38. The van der Waals surface area contributed by atoms with Gasteiger partial charge in [-0.2, -0.15) is 0 Å². The molecule has 6 heteroatoms. The van der Waals surface area contributed by atoms with Crippen LogP contribution in [0.1, 0.15) is 38.2 Å². The van der Waals surface area contributed by atoms with Crippen LogP contribution in [0.3, 0.4) is 0 Å². The molecule has 0 unspecified atom stereocenters. The number of nitrogens with two attached hydrogens (primary N) is 1. The monoisotopic (exact) mass is 347 g/mol. The van der Waals surface area contributed by atoms with Gasteiger partial charge in [-0.15, -0.1) is 0 Å². The van der Waals surface area contributed by atoms with Crippen LogP contribution < -0.4 is 10.5 Å². The first kappa shape index (κ1) is 17.7. The fraction of sp³-hybridized carbons (Fsp3) is 0.579. The number of rotatable bonds is 8. The van der Waals surface area contributed by atoms with E-state index < -0.39 is 23.4 Å². The maximum Gasteiger partial charge on any atom is 0.326 e. The molecule has 0 heterocycles. The lowest BCUT2D eigenvalue weighted by atomic mass is 9.91. The highest BCUT2D eigenvalue weighted by Crippen LogP contribution is 2.61. The van der Waals surface area contributed by atoms with E-state index in [0.717, 1.165) is 24.2 Å². The van der Waals surface area contributed by atoms with Crippen LogP contribution in [0.15, 0.2) is 24.3 Å². The molecule has 2 saturated carbocycles. The van der Waals surface area contributed by atoms with Gasteiger partial charge < -0.3 is 20.3 Å². The molecule has 136 valence electrons. The van der Waals surface area contributed by atoms with Gasteiger partial charge in [0, 0.05) is 5.92 Å². The van der Waals surface area contributed by atoms with E-state index in [1.54, 1.807) is 0 Å². The van der Waals surface area contributed by atoms with Crippen molar-refractivity contribution in [2.75, 3.05) is 6.61 Å². The minimum absolute atomic E-state index is 0.0228. The van der Waals surface area contributed by atoms with Gasteiger partial charge in [0.05, 0.1) is 12.5 Å². The average molecular weight is 347 g/mol. The summed E-state index contributed by atoms with van der Waals surface area (Å²) in [6.45, 7) is 2.92. The predicted octanol–water partition coefficient (Wildman–Crippen LogP) is 2.35. The van der Waals surface area contributed by atoms with Crippen molar-refractivity contribution in [2.24, 2.45) is 23.5 Å². The lowest BCUT2D eigenvalue weighted by Crippen LogP contribution is -2.50. The highest BCUT2D eigenvalue weighted by molar-refractivity contribution is 5.86. The predicted molar refractivity (Wildman–Crippen MR) is 90.9 cm³/mol. The Bertz CT molecular complexity index is 644. The van der Waals surface area contributed by atoms with E-state index in [-0.39, 0.29) is 18.4 Å².